The number of aliphatic carboxylic acids is 1. The molecule has 2 heterocycles. The number of ether oxygens (including phenoxy) is 1. The summed E-state index contributed by atoms with van der Waals surface area (Å²) >= 11 is 0. The van der Waals surface area contributed by atoms with Crippen LogP contribution in [-0.2, 0) is 23.1 Å². The molecule has 0 amide bonds. The highest BCUT2D eigenvalue weighted by Crippen LogP contribution is 2.37. The molecule has 0 spiro atoms. The summed E-state index contributed by atoms with van der Waals surface area (Å²) in [6, 6.07) is 0. The zero-order valence-electron chi connectivity index (χ0n) is 15.4. The first-order valence-corrected chi connectivity index (χ1v) is 8.93. The molecule has 6 nitrogen and oxygen atoms in total. The molecule has 27 heavy (non-hydrogen) atoms. The van der Waals surface area contributed by atoms with Gasteiger partial charge in [0.1, 0.15) is 0 Å². The van der Waals surface area contributed by atoms with Crippen LogP contribution in [0.25, 0.3) is 0 Å². The highest BCUT2D eigenvalue weighted by Gasteiger charge is 2.40. The largest absolute Gasteiger partial charge is 0.490 e. The predicted octanol–water partition coefficient (Wildman–Crippen LogP) is 2.86. The number of nitrogens with zero attached hydrogens (tertiary/aromatic N) is 3. The van der Waals surface area contributed by atoms with Gasteiger partial charge in [-0.05, 0) is 24.7 Å². The number of aryl methyl sites for hydroxylation is 1. The number of carboxylic acids is 1. The molecule has 1 aliphatic carbocycles. The Morgan fingerprint density at radius 3 is 2.44 bits per heavy atom. The third-order valence-corrected chi connectivity index (χ3v) is 4.88. The standard InChI is InChI=1S/C16H25N3O.C2HF3O2/c1-3-7-20-16-14-5-4-6-15(16)12-19(11-14)10-13-8-17-18(2)9-13;3-2(4,5)1(6)7/h3,8-9,14-16H,1,4-7,10-12H2,2H3;(H,6,7). The molecule has 2 aliphatic rings. The minimum Gasteiger partial charge on any atom is -0.475 e. The summed E-state index contributed by atoms with van der Waals surface area (Å²) in [7, 11) is 1.98. The van der Waals surface area contributed by atoms with E-state index in [0.717, 1.165) is 19.6 Å². The van der Waals surface area contributed by atoms with Crippen molar-refractivity contribution in [2.45, 2.75) is 38.1 Å². The van der Waals surface area contributed by atoms with Crippen molar-refractivity contribution < 1.29 is 27.8 Å². The van der Waals surface area contributed by atoms with Crippen LogP contribution in [-0.4, -0.2) is 57.7 Å². The number of fused-ring (bicyclic) bond motifs is 2. The molecular formula is C18H26F3N3O3. The van der Waals surface area contributed by atoms with Crippen LogP contribution >= 0.6 is 0 Å². The number of hydrogen-bond donors (Lipinski definition) is 1. The molecule has 1 N–H and O–H groups in total. The van der Waals surface area contributed by atoms with E-state index < -0.39 is 12.1 Å². The number of rotatable bonds is 5. The Morgan fingerprint density at radius 2 is 2.00 bits per heavy atom. The maximum Gasteiger partial charge on any atom is 0.490 e. The second-order valence-corrected chi connectivity index (χ2v) is 7.06. The lowest BCUT2D eigenvalue weighted by molar-refractivity contribution is -0.192. The summed E-state index contributed by atoms with van der Waals surface area (Å²) in [5, 5.41) is 11.4. The molecule has 2 atom stereocenters. The fourth-order valence-electron chi connectivity index (χ4n) is 3.88. The number of carboxylic acid groups (broad SMARTS) is 1. The molecule has 1 aromatic heterocycles. The fraction of sp³-hybridized carbons (Fsp3) is 0.667. The van der Waals surface area contributed by atoms with Crippen LogP contribution in [0, 0.1) is 11.8 Å². The first-order valence-electron chi connectivity index (χ1n) is 8.93. The fourth-order valence-corrected chi connectivity index (χ4v) is 3.88. The maximum absolute atomic E-state index is 10.6. The van der Waals surface area contributed by atoms with Gasteiger partial charge in [0.2, 0.25) is 0 Å². The molecule has 1 aliphatic heterocycles. The third kappa shape index (κ3) is 6.35. The van der Waals surface area contributed by atoms with Crippen molar-refractivity contribution in [1.82, 2.24) is 14.7 Å². The van der Waals surface area contributed by atoms with Gasteiger partial charge in [-0.2, -0.15) is 18.3 Å². The van der Waals surface area contributed by atoms with Crippen molar-refractivity contribution in [3.8, 4) is 0 Å². The van der Waals surface area contributed by atoms with Crippen molar-refractivity contribution in [3.63, 3.8) is 0 Å². The molecule has 152 valence electrons. The summed E-state index contributed by atoms with van der Waals surface area (Å²) < 4.78 is 39.7. The molecule has 2 bridgehead atoms. The van der Waals surface area contributed by atoms with Crippen LogP contribution in [0.3, 0.4) is 0 Å². The van der Waals surface area contributed by atoms with Crippen LogP contribution in [0.4, 0.5) is 13.2 Å². The molecule has 9 heteroatoms. The second-order valence-electron chi connectivity index (χ2n) is 7.06. The number of halogens is 3. The Hall–Kier alpha value is -1.87. The Labute approximate surface area is 156 Å². The molecule has 2 unspecified atom stereocenters. The van der Waals surface area contributed by atoms with E-state index in [1.54, 1.807) is 0 Å². The number of hydrogen-bond acceptors (Lipinski definition) is 4. The van der Waals surface area contributed by atoms with Crippen LogP contribution in [0.2, 0.25) is 0 Å². The number of alkyl halides is 3. The third-order valence-electron chi connectivity index (χ3n) is 4.88. The number of likely N-dealkylation sites (tertiary alicyclic amines) is 1. The topological polar surface area (TPSA) is 67.6 Å². The van der Waals surface area contributed by atoms with Gasteiger partial charge in [0.25, 0.3) is 0 Å². The average Bonchev–Trinajstić information content (AvgIpc) is 2.97. The maximum atomic E-state index is 10.6. The molecule has 1 saturated heterocycles. The van der Waals surface area contributed by atoms with Gasteiger partial charge in [-0.25, -0.2) is 4.79 Å². The minimum absolute atomic E-state index is 0.451. The summed E-state index contributed by atoms with van der Waals surface area (Å²) in [4.78, 5) is 11.5. The molecular weight excluding hydrogens is 363 g/mol. The SMILES string of the molecule is C=CCOC1C2CCCC1CN(Cc1cnn(C)c1)C2.O=C(O)C(F)(F)F. The lowest BCUT2D eigenvalue weighted by atomic mass is 9.75. The van der Waals surface area contributed by atoms with E-state index in [1.807, 2.05) is 24.0 Å². The van der Waals surface area contributed by atoms with E-state index in [-0.39, 0.29) is 0 Å². The molecule has 3 rings (SSSR count). The lowest BCUT2D eigenvalue weighted by Crippen LogP contribution is -2.52. The molecule has 0 aromatic carbocycles. The Kier molecular flexibility index (Phi) is 7.43. The first kappa shape index (κ1) is 21.4. The Bertz CT molecular complexity index is 619. The van der Waals surface area contributed by atoms with Gasteiger partial charge in [0.15, 0.2) is 0 Å². The van der Waals surface area contributed by atoms with Crippen molar-refractivity contribution in [3.05, 3.63) is 30.6 Å². The van der Waals surface area contributed by atoms with Gasteiger partial charge < -0.3 is 9.84 Å². The number of carbonyl (C=O) groups is 1. The van der Waals surface area contributed by atoms with Gasteiger partial charge in [0, 0.05) is 38.4 Å². The zero-order valence-corrected chi connectivity index (χ0v) is 15.4. The summed E-state index contributed by atoms with van der Waals surface area (Å²) in [6.45, 7) is 7.80. The van der Waals surface area contributed by atoms with E-state index in [2.05, 4.69) is 22.8 Å². The van der Waals surface area contributed by atoms with Crippen molar-refractivity contribution >= 4 is 5.97 Å². The monoisotopic (exact) mass is 389 g/mol. The summed E-state index contributed by atoms with van der Waals surface area (Å²) in [6.07, 6.45) is 5.32. The lowest BCUT2D eigenvalue weighted by Gasteiger charge is -2.47. The summed E-state index contributed by atoms with van der Waals surface area (Å²) in [5.74, 6) is -1.37. The van der Waals surface area contributed by atoms with Gasteiger partial charge in [0.05, 0.1) is 18.9 Å². The van der Waals surface area contributed by atoms with Gasteiger partial charge in [-0.15, -0.1) is 6.58 Å². The number of aromatic nitrogens is 2. The average molecular weight is 389 g/mol. The normalized spacial score (nSPS) is 25.4. The van der Waals surface area contributed by atoms with Crippen LogP contribution < -0.4 is 0 Å². The number of piperidine rings is 1. The smallest absolute Gasteiger partial charge is 0.475 e. The highest BCUT2D eigenvalue weighted by atomic mass is 19.4. The van der Waals surface area contributed by atoms with Crippen LogP contribution in [0.1, 0.15) is 24.8 Å². The van der Waals surface area contributed by atoms with Crippen molar-refractivity contribution in [1.29, 1.82) is 0 Å². The van der Waals surface area contributed by atoms with Gasteiger partial charge in [-0.3, -0.25) is 9.58 Å². The minimum atomic E-state index is -5.08. The molecule has 2 fully saturated rings. The Morgan fingerprint density at radius 1 is 1.41 bits per heavy atom. The summed E-state index contributed by atoms with van der Waals surface area (Å²) in [5.41, 5.74) is 1.32. The quantitative estimate of drug-likeness (QED) is 0.785. The zero-order chi connectivity index (χ0) is 20.0. The van der Waals surface area contributed by atoms with E-state index >= 15 is 0 Å². The van der Waals surface area contributed by atoms with E-state index in [0.29, 0.717) is 24.5 Å². The van der Waals surface area contributed by atoms with E-state index in [1.165, 1.54) is 24.8 Å². The molecule has 1 aromatic rings. The molecule has 0 radical (unpaired) electrons. The van der Waals surface area contributed by atoms with Crippen molar-refractivity contribution in [2.75, 3.05) is 19.7 Å². The predicted molar refractivity (Wildman–Crippen MR) is 92.9 cm³/mol. The molecule has 1 saturated carbocycles. The van der Waals surface area contributed by atoms with E-state index in [9.17, 15) is 13.2 Å². The van der Waals surface area contributed by atoms with E-state index in [4.69, 9.17) is 14.6 Å². The van der Waals surface area contributed by atoms with Crippen LogP contribution in [0.5, 0.6) is 0 Å². The highest BCUT2D eigenvalue weighted by molar-refractivity contribution is 5.73. The van der Waals surface area contributed by atoms with Crippen molar-refractivity contribution in [2.24, 2.45) is 18.9 Å². The first-order chi connectivity index (χ1) is 12.7. The van der Waals surface area contributed by atoms with Gasteiger partial charge in [-0.1, -0.05) is 12.5 Å². The van der Waals surface area contributed by atoms with Gasteiger partial charge >= 0.3 is 12.1 Å². The van der Waals surface area contributed by atoms with Crippen LogP contribution in [0.15, 0.2) is 25.0 Å². The second kappa shape index (κ2) is 9.36. The Balaban J connectivity index is 0.000000321.